The van der Waals surface area contributed by atoms with E-state index in [9.17, 15) is 19.5 Å². The van der Waals surface area contributed by atoms with Gasteiger partial charge in [-0.2, -0.15) is 0 Å². The second-order valence-corrected chi connectivity index (χ2v) is 9.27. The summed E-state index contributed by atoms with van der Waals surface area (Å²) < 4.78 is 5.31. The largest absolute Gasteiger partial charge is 0.508 e. The Bertz CT molecular complexity index is 814. The SMILES string of the molecule is C=CCN(C(=O)C(NC(=O)OC(C)(C)C)C(C)C)C(C(=O)NC(C)C)c1ccccc1O. The van der Waals surface area contributed by atoms with Gasteiger partial charge >= 0.3 is 6.09 Å². The van der Waals surface area contributed by atoms with E-state index in [1.54, 1.807) is 66.7 Å². The van der Waals surface area contributed by atoms with Crippen molar-refractivity contribution in [3.63, 3.8) is 0 Å². The molecule has 0 bridgehead atoms. The van der Waals surface area contributed by atoms with Crippen molar-refractivity contribution in [2.24, 2.45) is 5.92 Å². The Morgan fingerprint density at radius 3 is 2.19 bits per heavy atom. The lowest BCUT2D eigenvalue weighted by Crippen LogP contribution is -2.55. The Morgan fingerprint density at radius 2 is 1.72 bits per heavy atom. The molecule has 178 valence electrons. The highest BCUT2D eigenvalue weighted by Gasteiger charge is 2.38. The smallest absolute Gasteiger partial charge is 0.408 e. The first-order chi connectivity index (χ1) is 14.8. The molecule has 0 radical (unpaired) electrons. The second-order valence-electron chi connectivity index (χ2n) is 9.27. The molecule has 8 heteroatoms. The highest BCUT2D eigenvalue weighted by molar-refractivity contribution is 5.92. The molecule has 2 unspecified atom stereocenters. The first-order valence-corrected chi connectivity index (χ1v) is 10.8. The normalized spacial score (nSPS) is 13.3. The van der Waals surface area contributed by atoms with E-state index in [4.69, 9.17) is 4.74 Å². The lowest BCUT2D eigenvalue weighted by atomic mass is 9.98. The van der Waals surface area contributed by atoms with Crippen molar-refractivity contribution in [1.82, 2.24) is 15.5 Å². The van der Waals surface area contributed by atoms with Gasteiger partial charge in [-0.25, -0.2) is 4.79 Å². The number of benzene rings is 1. The van der Waals surface area contributed by atoms with Gasteiger partial charge in [0.2, 0.25) is 11.8 Å². The van der Waals surface area contributed by atoms with Crippen LogP contribution in [0.3, 0.4) is 0 Å². The number of alkyl carbamates (subject to hydrolysis) is 1. The number of para-hydroxylation sites is 1. The number of carbonyl (C=O) groups excluding carboxylic acids is 3. The number of amides is 3. The molecule has 1 rings (SSSR count). The van der Waals surface area contributed by atoms with E-state index in [-0.39, 0.29) is 29.8 Å². The summed E-state index contributed by atoms with van der Waals surface area (Å²) >= 11 is 0. The third kappa shape index (κ3) is 7.90. The Kier molecular flexibility index (Phi) is 9.75. The van der Waals surface area contributed by atoms with E-state index in [1.807, 2.05) is 0 Å². The summed E-state index contributed by atoms with van der Waals surface area (Å²) in [4.78, 5) is 40.5. The van der Waals surface area contributed by atoms with E-state index in [1.165, 1.54) is 17.0 Å². The molecule has 8 nitrogen and oxygen atoms in total. The van der Waals surface area contributed by atoms with Crippen LogP contribution in [0.5, 0.6) is 5.75 Å². The lowest BCUT2D eigenvalue weighted by molar-refractivity contribution is -0.142. The number of phenols is 1. The van der Waals surface area contributed by atoms with Crippen molar-refractivity contribution in [1.29, 1.82) is 0 Å². The van der Waals surface area contributed by atoms with Crippen LogP contribution < -0.4 is 10.6 Å². The van der Waals surface area contributed by atoms with Crippen LogP contribution >= 0.6 is 0 Å². The first-order valence-electron chi connectivity index (χ1n) is 10.8. The molecular formula is C24H37N3O5. The van der Waals surface area contributed by atoms with Gasteiger partial charge in [0.25, 0.3) is 0 Å². The van der Waals surface area contributed by atoms with Gasteiger partial charge in [0.1, 0.15) is 23.4 Å². The Morgan fingerprint density at radius 1 is 1.12 bits per heavy atom. The Balaban J connectivity index is 3.42. The zero-order valence-electron chi connectivity index (χ0n) is 20.1. The molecule has 3 amide bonds. The van der Waals surface area contributed by atoms with Crippen molar-refractivity contribution in [3.8, 4) is 5.75 Å². The van der Waals surface area contributed by atoms with Crippen LogP contribution in [0.2, 0.25) is 0 Å². The summed E-state index contributed by atoms with van der Waals surface area (Å²) in [5, 5.41) is 15.9. The average molecular weight is 448 g/mol. The summed E-state index contributed by atoms with van der Waals surface area (Å²) in [7, 11) is 0. The molecule has 0 aliphatic rings. The number of phenolic OH excluding ortho intramolecular Hbond substituents is 1. The minimum atomic E-state index is -1.12. The topological polar surface area (TPSA) is 108 Å². The number of nitrogens with zero attached hydrogens (tertiary/aromatic N) is 1. The number of nitrogens with one attached hydrogen (secondary N) is 2. The Labute approximate surface area is 191 Å². The molecule has 2 atom stereocenters. The van der Waals surface area contributed by atoms with Crippen LogP contribution in [0.4, 0.5) is 4.79 Å². The van der Waals surface area contributed by atoms with Crippen molar-refractivity contribution >= 4 is 17.9 Å². The third-order valence-corrected chi connectivity index (χ3v) is 4.44. The van der Waals surface area contributed by atoms with Crippen molar-refractivity contribution in [3.05, 3.63) is 42.5 Å². The average Bonchev–Trinajstić information content (AvgIpc) is 2.64. The van der Waals surface area contributed by atoms with Gasteiger partial charge in [-0.1, -0.05) is 38.1 Å². The highest BCUT2D eigenvalue weighted by atomic mass is 16.6. The fourth-order valence-corrected chi connectivity index (χ4v) is 3.12. The number of rotatable bonds is 9. The molecule has 0 spiro atoms. The number of hydrogen-bond donors (Lipinski definition) is 3. The fraction of sp³-hybridized carbons (Fsp3) is 0.542. The Hall–Kier alpha value is -3.03. The number of carbonyl (C=O) groups is 3. The molecule has 0 saturated carbocycles. The molecule has 0 aliphatic heterocycles. The van der Waals surface area contributed by atoms with Crippen LogP contribution in [0.25, 0.3) is 0 Å². The standard InChI is InChI=1S/C24H37N3O5/c1-9-14-27(22(30)19(15(2)3)26-23(31)32-24(6,7)8)20(21(29)25-16(4)5)17-12-10-11-13-18(17)28/h9-13,15-16,19-20,28H,1,14H2,2-8H3,(H,25,29)(H,26,31). The summed E-state index contributed by atoms with van der Waals surface area (Å²) in [6.45, 7) is 16.1. The minimum Gasteiger partial charge on any atom is -0.508 e. The minimum absolute atomic E-state index is 0.0303. The molecular weight excluding hydrogens is 410 g/mol. The molecule has 0 aliphatic carbocycles. The predicted molar refractivity (Wildman–Crippen MR) is 124 cm³/mol. The van der Waals surface area contributed by atoms with Gasteiger partial charge in [-0.05, 0) is 46.6 Å². The molecule has 3 N–H and O–H groups in total. The van der Waals surface area contributed by atoms with E-state index in [0.717, 1.165) is 0 Å². The van der Waals surface area contributed by atoms with Crippen LogP contribution in [-0.2, 0) is 14.3 Å². The van der Waals surface area contributed by atoms with Gasteiger partial charge in [-0.3, -0.25) is 9.59 Å². The van der Waals surface area contributed by atoms with Crippen LogP contribution in [0.15, 0.2) is 36.9 Å². The molecule has 1 aromatic carbocycles. The number of aromatic hydroxyl groups is 1. The summed E-state index contributed by atoms with van der Waals surface area (Å²) in [5.74, 6) is -1.34. The van der Waals surface area contributed by atoms with Crippen LogP contribution in [0, 0.1) is 5.92 Å². The summed E-state index contributed by atoms with van der Waals surface area (Å²) in [6, 6.07) is 4.11. The van der Waals surface area contributed by atoms with Crippen LogP contribution in [0.1, 0.15) is 60.1 Å². The molecule has 1 aromatic rings. The van der Waals surface area contributed by atoms with E-state index in [0.29, 0.717) is 0 Å². The summed E-state index contributed by atoms with van der Waals surface area (Å²) in [6.07, 6.45) is 0.770. The molecule has 0 saturated heterocycles. The maximum Gasteiger partial charge on any atom is 0.408 e. The molecule has 0 fully saturated rings. The van der Waals surface area contributed by atoms with E-state index in [2.05, 4.69) is 17.2 Å². The van der Waals surface area contributed by atoms with Gasteiger partial charge in [0.05, 0.1) is 0 Å². The molecule has 0 heterocycles. The van der Waals surface area contributed by atoms with E-state index >= 15 is 0 Å². The molecule has 32 heavy (non-hydrogen) atoms. The maximum atomic E-state index is 13.6. The first kappa shape index (κ1) is 27.0. The lowest BCUT2D eigenvalue weighted by Gasteiger charge is -2.35. The van der Waals surface area contributed by atoms with E-state index < -0.39 is 35.6 Å². The number of hydrogen-bond acceptors (Lipinski definition) is 5. The maximum absolute atomic E-state index is 13.6. The number of ether oxygens (including phenoxy) is 1. The summed E-state index contributed by atoms with van der Waals surface area (Å²) in [5.41, 5.74) is -0.453. The van der Waals surface area contributed by atoms with Gasteiger partial charge in [-0.15, -0.1) is 6.58 Å². The predicted octanol–water partition coefficient (Wildman–Crippen LogP) is 3.52. The molecule has 0 aromatic heterocycles. The highest BCUT2D eigenvalue weighted by Crippen LogP contribution is 2.30. The zero-order valence-corrected chi connectivity index (χ0v) is 20.1. The second kappa shape index (κ2) is 11.5. The monoisotopic (exact) mass is 447 g/mol. The van der Waals surface area contributed by atoms with Crippen LogP contribution in [-0.4, -0.2) is 52.1 Å². The fourth-order valence-electron chi connectivity index (χ4n) is 3.12. The third-order valence-electron chi connectivity index (χ3n) is 4.44. The quantitative estimate of drug-likeness (QED) is 0.502. The van der Waals surface area contributed by atoms with Gasteiger partial charge < -0.3 is 25.4 Å². The van der Waals surface area contributed by atoms with Crippen molar-refractivity contribution in [2.45, 2.75) is 72.2 Å². The van der Waals surface area contributed by atoms with Gasteiger partial charge in [0.15, 0.2) is 0 Å². The zero-order chi connectivity index (χ0) is 24.6. The van der Waals surface area contributed by atoms with Gasteiger partial charge in [0, 0.05) is 18.2 Å². The van der Waals surface area contributed by atoms with Crippen molar-refractivity contribution in [2.75, 3.05) is 6.54 Å². The van der Waals surface area contributed by atoms with Crippen molar-refractivity contribution < 1.29 is 24.2 Å².